The fourth-order valence-electron chi connectivity index (χ4n) is 0.281. The molecule has 0 aliphatic rings. The van der Waals surface area contributed by atoms with Gasteiger partial charge in [-0.1, -0.05) is 0 Å². The molecular weight excluding hydrogens is 104 g/mol. The highest BCUT2D eigenvalue weighted by Gasteiger charge is 1.76. The Kier molecular flexibility index (Phi) is 3.78. The van der Waals surface area contributed by atoms with Crippen LogP contribution in [-0.4, -0.2) is 24.7 Å². The first-order valence-electron chi connectivity index (χ1n) is 2.26. The summed E-state index contributed by atoms with van der Waals surface area (Å²) in [6.07, 6.45) is 3.00. The minimum absolute atomic E-state index is 1.14. The number of hydrogen-bond donors (Lipinski definition) is 1. The third-order valence-corrected chi connectivity index (χ3v) is 0.483. The molecule has 0 saturated heterocycles. The van der Waals surface area contributed by atoms with Crippen LogP contribution in [-0.2, 0) is 0 Å². The van der Waals surface area contributed by atoms with E-state index in [9.17, 15) is 0 Å². The van der Waals surface area contributed by atoms with Crippen LogP contribution in [0.25, 0.3) is 0 Å². The SMILES string of the molecule is C/C=N\N(N)C=NC. The molecule has 4 nitrogen and oxygen atoms in total. The predicted molar refractivity (Wildman–Crippen MR) is 34.6 cm³/mol. The van der Waals surface area contributed by atoms with Gasteiger partial charge in [0.25, 0.3) is 0 Å². The summed E-state index contributed by atoms with van der Waals surface area (Å²) in [4.78, 5) is 3.62. The van der Waals surface area contributed by atoms with Crippen molar-refractivity contribution in [1.82, 2.24) is 5.12 Å². The van der Waals surface area contributed by atoms with Gasteiger partial charge in [-0.3, -0.25) is 4.99 Å². The van der Waals surface area contributed by atoms with Crippen LogP contribution in [0.5, 0.6) is 0 Å². The molecule has 0 fully saturated rings. The molecule has 0 aromatic heterocycles. The third kappa shape index (κ3) is 3.30. The lowest BCUT2D eigenvalue weighted by molar-refractivity contribution is 0.487. The van der Waals surface area contributed by atoms with Gasteiger partial charge in [0.1, 0.15) is 6.34 Å². The van der Waals surface area contributed by atoms with Crippen LogP contribution in [0.1, 0.15) is 6.92 Å². The lowest BCUT2D eigenvalue weighted by Crippen LogP contribution is -2.22. The first-order chi connectivity index (χ1) is 3.81. The zero-order valence-electron chi connectivity index (χ0n) is 5.07. The number of hydrazone groups is 1. The number of hydrogen-bond acceptors (Lipinski definition) is 3. The van der Waals surface area contributed by atoms with Gasteiger partial charge in [-0.15, -0.1) is 0 Å². The van der Waals surface area contributed by atoms with Crippen LogP contribution >= 0.6 is 0 Å². The van der Waals surface area contributed by atoms with E-state index in [1.165, 1.54) is 6.34 Å². The van der Waals surface area contributed by atoms with Gasteiger partial charge >= 0.3 is 0 Å². The van der Waals surface area contributed by atoms with Crippen molar-refractivity contribution in [3.8, 4) is 0 Å². The van der Waals surface area contributed by atoms with Crippen molar-refractivity contribution >= 4 is 12.6 Å². The van der Waals surface area contributed by atoms with Crippen LogP contribution in [0, 0.1) is 0 Å². The molecule has 0 aromatic rings. The van der Waals surface area contributed by atoms with Gasteiger partial charge in [-0.2, -0.15) is 10.2 Å². The summed E-state index contributed by atoms with van der Waals surface area (Å²) in [6.45, 7) is 1.78. The van der Waals surface area contributed by atoms with Gasteiger partial charge in [0.15, 0.2) is 0 Å². The van der Waals surface area contributed by atoms with E-state index in [2.05, 4.69) is 10.1 Å². The predicted octanol–water partition coefficient (Wildman–Crippen LogP) is -0.174. The molecule has 0 unspecified atom stereocenters. The van der Waals surface area contributed by atoms with Gasteiger partial charge in [0, 0.05) is 13.3 Å². The molecule has 0 atom stereocenters. The molecule has 0 aliphatic carbocycles. The number of hydrazine groups is 1. The maximum absolute atomic E-state index is 5.18. The van der Waals surface area contributed by atoms with E-state index in [0.29, 0.717) is 0 Å². The van der Waals surface area contributed by atoms with Crippen LogP contribution in [0.4, 0.5) is 0 Å². The molecule has 0 aliphatic heterocycles. The van der Waals surface area contributed by atoms with E-state index in [-0.39, 0.29) is 0 Å². The number of rotatable bonds is 2. The van der Waals surface area contributed by atoms with E-state index in [0.717, 1.165) is 5.12 Å². The Morgan fingerprint density at radius 3 is 2.62 bits per heavy atom. The van der Waals surface area contributed by atoms with Crippen molar-refractivity contribution in [1.29, 1.82) is 0 Å². The molecule has 8 heavy (non-hydrogen) atoms. The highest BCUT2D eigenvalue weighted by molar-refractivity contribution is 5.58. The molecular formula is C4H10N4. The van der Waals surface area contributed by atoms with Gasteiger partial charge in [-0.05, 0) is 6.92 Å². The molecule has 4 heteroatoms. The molecule has 0 amide bonds. The Balaban J connectivity index is 3.47. The average Bonchev–Trinajstić information content (AvgIpc) is 1.68. The van der Waals surface area contributed by atoms with Crippen molar-refractivity contribution < 1.29 is 0 Å². The summed E-state index contributed by atoms with van der Waals surface area (Å²) in [5.74, 6) is 5.18. The molecule has 0 aromatic carbocycles. The lowest BCUT2D eigenvalue weighted by atomic mass is 10.9. The average molecular weight is 114 g/mol. The fraction of sp³-hybridized carbons (Fsp3) is 0.500. The number of aliphatic imine (C=N–C) groups is 1. The van der Waals surface area contributed by atoms with E-state index in [4.69, 9.17) is 5.84 Å². The summed E-state index contributed by atoms with van der Waals surface area (Å²) in [5, 5.41) is 4.79. The highest BCUT2D eigenvalue weighted by atomic mass is 15.6. The minimum Gasteiger partial charge on any atom is -0.276 e. The van der Waals surface area contributed by atoms with Crippen molar-refractivity contribution in [2.75, 3.05) is 7.05 Å². The zero-order chi connectivity index (χ0) is 6.41. The monoisotopic (exact) mass is 114 g/mol. The molecule has 0 bridgehead atoms. The quantitative estimate of drug-likeness (QED) is 0.234. The highest BCUT2D eigenvalue weighted by Crippen LogP contribution is 1.67. The van der Waals surface area contributed by atoms with E-state index in [1.54, 1.807) is 20.2 Å². The van der Waals surface area contributed by atoms with E-state index >= 15 is 0 Å². The Bertz CT molecular complexity index is 84.2. The van der Waals surface area contributed by atoms with Crippen molar-refractivity contribution in [3.63, 3.8) is 0 Å². The molecule has 2 N–H and O–H groups in total. The van der Waals surface area contributed by atoms with E-state index in [1.807, 2.05) is 0 Å². The zero-order valence-corrected chi connectivity index (χ0v) is 5.07. The second-order valence-corrected chi connectivity index (χ2v) is 1.13. The molecule has 0 saturated carbocycles. The Morgan fingerprint density at radius 2 is 2.25 bits per heavy atom. The summed E-state index contributed by atoms with van der Waals surface area (Å²) in [7, 11) is 1.63. The minimum atomic E-state index is 1.14. The standard InChI is InChI=1S/C4H10N4/c1-3-7-8(5)4-6-2/h3-4H,5H2,1-2H3/b6-4?,7-3-. The van der Waals surface area contributed by atoms with Gasteiger partial charge in [0.2, 0.25) is 0 Å². The second kappa shape index (κ2) is 4.26. The number of nitrogens with two attached hydrogens (primary N) is 1. The van der Waals surface area contributed by atoms with Crippen LogP contribution < -0.4 is 5.84 Å². The molecule has 0 heterocycles. The van der Waals surface area contributed by atoms with Crippen molar-refractivity contribution in [2.24, 2.45) is 15.9 Å². The summed E-state index contributed by atoms with van der Waals surface area (Å²) >= 11 is 0. The second-order valence-electron chi connectivity index (χ2n) is 1.13. The maximum Gasteiger partial charge on any atom is 0.124 e. The van der Waals surface area contributed by atoms with Gasteiger partial charge in [-0.25, -0.2) is 5.84 Å². The summed E-state index contributed by atoms with van der Waals surface area (Å²) in [6, 6.07) is 0. The van der Waals surface area contributed by atoms with Gasteiger partial charge in [0.05, 0.1) is 0 Å². The fourth-order valence-corrected chi connectivity index (χ4v) is 0.281. The third-order valence-electron chi connectivity index (χ3n) is 0.483. The van der Waals surface area contributed by atoms with Crippen LogP contribution in [0.2, 0.25) is 0 Å². The summed E-state index contributed by atoms with van der Waals surface area (Å²) in [5.41, 5.74) is 0. The Morgan fingerprint density at radius 1 is 1.62 bits per heavy atom. The smallest absolute Gasteiger partial charge is 0.124 e. The van der Waals surface area contributed by atoms with Crippen molar-refractivity contribution in [2.45, 2.75) is 6.92 Å². The summed E-state index contributed by atoms with van der Waals surface area (Å²) < 4.78 is 0. The Labute approximate surface area is 48.7 Å². The number of nitrogens with zero attached hydrogens (tertiary/aromatic N) is 3. The van der Waals surface area contributed by atoms with E-state index < -0.39 is 0 Å². The normalized spacial score (nSPS) is 11.4. The maximum atomic E-state index is 5.18. The molecule has 0 spiro atoms. The van der Waals surface area contributed by atoms with Gasteiger partial charge < -0.3 is 0 Å². The molecule has 0 radical (unpaired) electrons. The van der Waals surface area contributed by atoms with Crippen LogP contribution in [0.15, 0.2) is 10.1 Å². The van der Waals surface area contributed by atoms with Crippen LogP contribution in [0.3, 0.4) is 0 Å². The first-order valence-corrected chi connectivity index (χ1v) is 2.26. The molecule has 0 rings (SSSR count). The largest absolute Gasteiger partial charge is 0.276 e. The molecule has 46 valence electrons. The first kappa shape index (κ1) is 7.10. The Hall–Kier alpha value is -0.900. The lowest BCUT2D eigenvalue weighted by Gasteiger charge is -2.00. The topological polar surface area (TPSA) is 54.0 Å². The van der Waals surface area contributed by atoms with Crippen molar-refractivity contribution in [3.05, 3.63) is 0 Å².